The van der Waals surface area contributed by atoms with Crippen LogP contribution in [0, 0.1) is 13.8 Å². The van der Waals surface area contributed by atoms with E-state index in [1.54, 1.807) is 35.6 Å². The molecule has 1 amide bonds. The topological polar surface area (TPSA) is 53.5 Å². The summed E-state index contributed by atoms with van der Waals surface area (Å²) in [4.78, 5) is 33.1. The quantitative estimate of drug-likeness (QED) is 0.629. The molecule has 3 aromatic rings. The standard InChI is InChI=1S/C22H23N3O2S/c1-14-12-15(2)20-19(13-14)23-22(28-20)25-10-8-24(9-11-25)21(27)18-6-4-17(5-7-18)16(3)26/h4-7,12-13H,8-11H2,1-3H3. The number of anilines is 1. The van der Waals surface area contributed by atoms with Crippen LogP contribution in [0.4, 0.5) is 5.13 Å². The summed E-state index contributed by atoms with van der Waals surface area (Å²) in [6, 6.07) is 11.2. The number of hydrogen-bond donors (Lipinski definition) is 0. The summed E-state index contributed by atoms with van der Waals surface area (Å²) in [5, 5.41) is 1.03. The Morgan fingerprint density at radius 2 is 1.61 bits per heavy atom. The van der Waals surface area contributed by atoms with Crippen molar-refractivity contribution >= 4 is 38.4 Å². The number of nitrogens with zero attached hydrogens (tertiary/aromatic N) is 3. The van der Waals surface area contributed by atoms with Crippen LogP contribution in [0.3, 0.4) is 0 Å². The minimum absolute atomic E-state index is 0.00822. The van der Waals surface area contributed by atoms with Gasteiger partial charge in [0, 0.05) is 37.3 Å². The van der Waals surface area contributed by atoms with Crippen LogP contribution >= 0.6 is 11.3 Å². The zero-order valence-electron chi connectivity index (χ0n) is 16.4. The fourth-order valence-electron chi connectivity index (χ4n) is 3.63. The SMILES string of the molecule is CC(=O)c1ccc(C(=O)N2CCN(c3nc4cc(C)cc(C)c4s3)CC2)cc1. The minimum atomic E-state index is 0.00822. The molecule has 0 spiro atoms. The summed E-state index contributed by atoms with van der Waals surface area (Å²) >= 11 is 1.73. The van der Waals surface area contributed by atoms with Gasteiger partial charge in [-0.15, -0.1) is 0 Å². The van der Waals surface area contributed by atoms with E-state index in [-0.39, 0.29) is 11.7 Å². The molecule has 144 valence electrons. The van der Waals surface area contributed by atoms with Gasteiger partial charge in [-0.1, -0.05) is 29.5 Å². The Morgan fingerprint density at radius 1 is 0.964 bits per heavy atom. The van der Waals surface area contributed by atoms with Gasteiger partial charge in [0.05, 0.1) is 10.2 Å². The van der Waals surface area contributed by atoms with Crippen molar-refractivity contribution in [2.24, 2.45) is 0 Å². The van der Waals surface area contributed by atoms with Crippen LogP contribution in [0.2, 0.25) is 0 Å². The maximum Gasteiger partial charge on any atom is 0.253 e. The summed E-state index contributed by atoms with van der Waals surface area (Å²) < 4.78 is 1.24. The van der Waals surface area contributed by atoms with Crippen molar-refractivity contribution in [1.29, 1.82) is 0 Å². The summed E-state index contributed by atoms with van der Waals surface area (Å²) in [5.74, 6) is 0.0272. The number of rotatable bonds is 3. The molecular formula is C22H23N3O2S. The number of amides is 1. The van der Waals surface area contributed by atoms with Crippen molar-refractivity contribution in [3.63, 3.8) is 0 Å². The fourth-order valence-corrected chi connectivity index (χ4v) is 4.70. The Balaban J connectivity index is 1.45. The zero-order chi connectivity index (χ0) is 19.8. The van der Waals surface area contributed by atoms with Crippen molar-refractivity contribution in [1.82, 2.24) is 9.88 Å². The molecule has 1 aromatic heterocycles. The Labute approximate surface area is 168 Å². The van der Waals surface area contributed by atoms with Gasteiger partial charge in [-0.3, -0.25) is 9.59 Å². The number of Topliss-reactive ketones (excluding diaryl/α,β-unsaturated/α-hetero) is 1. The van der Waals surface area contributed by atoms with Crippen molar-refractivity contribution in [2.45, 2.75) is 20.8 Å². The maximum absolute atomic E-state index is 12.8. The number of aryl methyl sites for hydroxylation is 2. The van der Waals surface area contributed by atoms with Gasteiger partial charge in [-0.05, 0) is 50.1 Å². The predicted octanol–water partition coefficient (Wildman–Crippen LogP) is 4.08. The number of piperazine rings is 1. The van der Waals surface area contributed by atoms with Crippen molar-refractivity contribution in [2.75, 3.05) is 31.1 Å². The average molecular weight is 394 g/mol. The number of fused-ring (bicyclic) bond motifs is 1. The number of thiazole rings is 1. The first-order valence-corrected chi connectivity index (χ1v) is 10.3. The molecular weight excluding hydrogens is 370 g/mol. The highest BCUT2D eigenvalue weighted by molar-refractivity contribution is 7.22. The van der Waals surface area contributed by atoms with E-state index in [0.717, 1.165) is 23.7 Å². The lowest BCUT2D eigenvalue weighted by molar-refractivity contribution is 0.0746. The molecule has 2 heterocycles. The Bertz CT molecular complexity index is 1050. The smallest absolute Gasteiger partial charge is 0.253 e. The monoisotopic (exact) mass is 393 g/mol. The first kappa shape index (κ1) is 18.6. The largest absolute Gasteiger partial charge is 0.345 e. The van der Waals surface area contributed by atoms with E-state index in [9.17, 15) is 9.59 Å². The molecule has 1 aliphatic heterocycles. The fraction of sp³-hybridized carbons (Fsp3) is 0.318. The molecule has 1 aliphatic rings. The van der Waals surface area contributed by atoms with Crippen LogP contribution in [0.5, 0.6) is 0 Å². The molecule has 0 bridgehead atoms. The normalized spacial score (nSPS) is 14.5. The lowest BCUT2D eigenvalue weighted by Crippen LogP contribution is -2.48. The first-order valence-electron chi connectivity index (χ1n) is 9.45. The van der Waals surface area contributed by atoms with E-state index in [1.165, 1.54) is 22.8 Å². The number of hydrogen-bond acceptors (Lipinski definition) is 5. The lowest BCUT2D eigenvalue weighted by Gasteiger charge is -2.34. The van der Waals surface area contributed by atoms with Gasteiger partial charge in [0.1, 0.15) is 0 Å². The summed E-state index contributed by atoms with van der Waals surface area (Å²) in [6.45, 7) is 8.64. The molecule has 1 fully saturated rings. The van der Waals surface area contributed by atoms with Crippen molar-refractivity contribution < 1.29 is 9.59 Å². The van der Waals surface area contributed by atoms with Crippen molar-refractivity contribution in [3.8, 4) is 0 Å². The zero-order valence-corrected chi connectivity index (χ0v) is 17.2. The highest BCUT2D eigenvalue weighted by Gasteiger charge is 2.24. The molecule has 0 N–H and O–H groups in total. The average Bonchev–Trinajstić information content (AvgIpc) is 3.12. The van der Waals surface area contributed by atoms with Crippen LogP contribution in [0.1, 0.15) is 38.8 Å². The van der Waals surface area contributed by atoms with Crippen LogP contribution in [-0.2, 0) is 0 Å². The number of benzene rings is 2. The molecule has 4 rings (SSSR count). The number of ketones is 1. The van der Waals surface area contributed by atoms with Gasteiger partial charge < -0.3 is 9.80 Å². The second-order valence-electron chi connectivity index (χ2n) is 7.34. The third kappa shape index (κ3) is 3.52. The van der Waals surface area contributed by atoms with Crippen LogP contribution in [-0.4, -0.2) is 47.8 Å². The van der Waals surface area contributed by atoms with Gasteiger partial charge in [-0.25, -0.2) is 4.98 Å². The van der Waals surface area contributed by atoms with E-state index in [4.69, 9.17) is 4.98 Å². The van der Waals surface area contributed by atoms with E-state index >= 15 is 0 Å². The Kier molecular flexibility index (Phi) is 4.89. The molecule has 0 radical (unpaired) electrons. The van der Waals surface area contributed by atoms with Gasteiger partial charge >= 0.3 is 0 Å². The molecule has 0 atom stereocenters. The third-order valence-electron chi connectivity index (χ3n) is 5.18. The lowest BCUT2D eigenvalue weighted by atomic mass is 10.1. The molecule has 1 saturated heterocycles. The summed E-state index contributed by atoms with van der Waals surface area (Å²) in [5.41, 5.74) is 4.81. The second kappa shape index (κ2) is 7.36. The van der Waals surface area contributed by atoms with E-state index in [2.05, 4.69) is 30.9 Å². The van der Waals surface area contributed by atoms with E-state index in [1.807, 2.05) is 4.90 Å². The highest BCUT2D eigenvalue weighted by Crippen LogP contribution is 2.32. The molecule has 0 saturated carbocycles. The van der Waals surface area contributed by atoms with Crippen LogP contribution < -0.4 is 4.90 Å². The number of carbonyl (C=O) groups excluding carboxylic acids is 2. The highest BCUT2D eigenvalue weighted by atomic mass is 32.1. The molecule has 0 unspecified atom stereocenters. The number of carbonyl (C=O) groups is 2. The summed E-state index contributed by atoms with van der Waals surface area (Å²) in [7, 11) is 0. The van der Waals surface area contributed by atoms with Crippen molar-refractivity contribution in [3.05, 3.63) is 58.7 Å². The molecule has 2 aromatic carbocycles. The van der Waals surface area contributed by atoms with E-state index < -0.39 is 0 Å². The predicted molar refractivity (Wildman–Crippen MR) is 114 cm³/mol. The Morgan fingerprint density at radius 3 is 2.25 bits per heavy atom. The molecule has 5 nitrogen and oxygen atoms in total. The maximum atomic E-state index is 12.8. The number of aromatic nitrogens is 1. The van der Waals surface area contributed by atoms with Crippen LogP contribution in [0.15, 0.2) is 36.4 Å². The minimum Gasteiger partial charge on any atom is -0.345 e. The van der Waals surface area contributed by atoms with Gasteiger partial charge in [0.25, 0.3) is 5.91 Å². The van der Waals surface area contributed by atoms with Gasteiger partial charge in [-0.2, -0.15) is 0 Å². The second-order valence-corrected chi connectivity index (χ2v) is 8.32. The first-order chi connectivity index (χ1) is 13.4. The Hall–Kier alpha value is -2.73. The third-order valence-corrected chi connectivity index (χ3v) is 6.45. The summed E-state index contributed by atoms with van der Waals surface area (Å²) in [6.07, 6.45) is 0. The molecule has 28 heavy (non-hydrogen) atoms. The molecule has 6 heteroatoms. The van der Waals surface area contributed by atoms with Gasteiger partial charge in [0.15, 0.2) is 10.9 Å². The van der Waals surface area contributed by atoms with E-state index in [0.29, 0.717) is 24.2 Å². The molecule has 0 aliphatic carbocycles. The van der Waals surface area contributed by atoms with Crippen LogP contribution in [0.25, 0.3) is 10.2 Å². The van der Waals surface area contributed by atoms with Gasteiger partial charge in [0.2, 0.25) is 0 Å².